The molecule has 0 N–H and O–H groups in total. The molecule has 1 unspecified atom stereocenters. The predicted octanol–water partition coefficient (Wildman–Crippen LogP) is 3.19. The third-order valence-corrected chi connectivity index (χ3v) is 7.65. The van der Waals surface area contributed by atoms with Crippen LogP contribution < -0.4 is 0 Å². The maximum atomic E-state index is 13.1. The molecular formula is C21H26N2O4S. The molecule has 0 aliphatic carbocycles. The number of piperidine rings is 1. The van der Waals surface area contributed by atoms with Crippen molar-refractivity contribution >= 4 is 15.9 Å². The van der Waals surface area contributed by atoms with E-state index in [0.717, 1.165) is 30.7 Å². The third kappa shape index (κ3) is 4.00. The first-order valence-corrected chi connectivity index (χ1v) is 11.5. The van der Waals surface area contributed by atoms with E-state index in [2.05, 4.69) is 0 Å². The number of hydrogen-bond donors (Lipinski definition) is 0. The predicted molar refractivity (Wildman–Crippen MR) is 106 cm³/mol. The summed E-state index contributed by atoms with van der Waals surface area (Å²) in [6, 6.07) is 13.0. The molecule has 2 aromatic rings. The highest BCUT2D eigenvalue weighted by Gasteiger charge is 2.38. The Morgan fingerprint density at radius 1 is 1.00 bits per heavy atom. The van der Waals surface area contributed by atoms with Crippen molar-refractivity contribution in [1.82, 2.24) is 9.21 Å². The Hall–Kier alpha value is -2.12. The van der Waals surface area contributed by atoms with Crippen LogP contribution in [0.25, 0.3) is 0 Å². The molecular weight excluding hydrogens is 376 g/mol. The molecule has 1 atom stereocenters. The molecule has 2 saturated heterocycles. The van der Waals surface area contributed by atoms with Gasteiger partial charge in [-0.3, -0.25) is 4.79 Å². The van der Waals surface area contributed by atoms with Crippen LogP contribution in [0.5, 0.6) is 0 Å². The monoisotopic (exact) mass is 402 g/mol. The maximum absolute atomic E-state index is 13.1. The van der Waals surface area contributed by atoms with E-state index >= 15 is 0 Å². The van der Waals surface area contributed by atoms with E-state index in [1.807, 2.05) is 47.4 Å². The molecule has 2 fully saturated rings. The quantitative estimate of drug-likeness (QED) is 0.770. The second kappa shape index (κ2) is 8.09. The van der Waals surface area contributed by atoms with Crippen molar-refractivity contribution in [2.75, 3.05) is 19.6 Å². The molecule has 3 heterocycles. The fraction of sp³-hybridized carbons (Fsp3) is 0.476. The molecule has 2 aliphatic heterocycles. The highest BCUT2D eigenvalue weighted by atomic mass is 32.2. The Labute approximate surface area is 166 Å². The topological polar surface area (TPSA) is 70.8 Å². The second-order valence-electron chi connectivity index (χ2n) is 7.62. The van der Waals surface area contributed by atoms with Crippen molar-refractivity contribution in [3.63, 3.8) is 0 Å². The van der Waals surface area contributed by atoms with Crippen molar-refractivity contribution in [2.24, 2.45) is 5.92 Å². The minimum absolute atomic E-state index is 0.0130. The minimum atomic E-state index is -3.36. The van der Waals surface area contributed by atoms with Crippen LogP contribution in [0.15, 0.2) is 53.1 Å². The number of amides is 1. The largest absolute Gasteiger partial charge is 0.467 e. The first-order valence-electron chi connectivity index (χ1n) is 9.90. The van der Waals surface area contributed by atoms with Gasteiger partial charge in [0.15, 0.2) is 0 Å². The average Bonchev–Trinajstić information content (AvgIpc) is 3.39. The van der Waals surface area contributed by atoms with Crippen LogP contribution in [0.4, 0.5) is 0 Å². The van der Waals surface area contributed by atoms with E-state index in [4.69, 9.17) is 4.42 Å². The molecule has 0 radical (unpaired) electrons. The number of sulfonamides is 1. The lowest BCUT2D eigenvalue weighted by Gasteiger charge is -2.34. The highest BCUT2D eigenvalue weighted by Crippen LogP contribution is 2.35. The zero-order valence-electron chi connectivity index (χ0n) is 15.9. The van der Waals surface area contributed by atoms with Crippen LogP contribution >= 0.6 is 0 Å². The normalized spacial score (nSPS) is 21.9. The number of benzene rings is 1. The van der Waals surface area contributed by atoms with Crippen LogP contribution in [0.1, 0.15) is 43.0 Å². The van der Waals surface area contributed by atoms with E-state index < -0.39 is 10.0 Å². The molecule has 0 saturated carbocycles. The Bertz CT molecular complexity index is 888. The zero-order chi connectivity index (χ0) is 19.6. The summed E-state index contributed by atoms with van der Waals surface area (Å²) >= 11 is 0. The summed E-state index contributed by atoms with van der Waals surface area (Å²) in [6.45, 7) is 1.56. The summed E-state index contributed by atoms with van der Waals surface area (Å²) in [7, 11) is -3.36. The van der Waals surface area contributed by atoms with Crippen molar-refractivity contribution in [1.29, 1.82) is 0 Å². The maximum Gasteiger partial charge on any atom is 0.226 e. The van der Waals surface area contributed by atoms with E-state index in [1.54, 1.807) is 6.26 Å². The smallest absolute Gasteiger partial charge is 0.226 e. The van der Waals surface area contributed by atoms with E-state index in [-0.39, 0.29) is 23.6 Å². The lowest BCUT2D eigenvalue weighted by molar-refractivity contribution is -0.138. The van der Waals surface area contributed by atoms with Crippen LogP contribution in [0.2, 0.25) is 0 Å². The molecule has 7 heteroatoms. The van der Waals surface area contributed by atoms with Crippen LogP contribution in [0, 0.1) is 5.92 Å². The van der Waals surface area contributed by atoms with Gasteiger partial charge in [0.25, 0.3) is 0 Å². The van der Waals surface area contributed by atoms with Gasteiger partial charge in [0.1, 0.15) is 5.76 Å². The summed E-state index contributed by atoms with van der Waals surface area (Å²) < 4.78 is 32.5. The Morgan fingerprint density at radius 3 is 2.43 bits per heavy atom. The van der Waals surface area contributed by atoms with Gasteiger partial charge in [-0.1, -0.05) is 30.3 Å². The van der Waals surface area contributed by atoms with Crippen molar-refractivity contribution in [2.45, 2.75) is 37.5 Å². The molecule has 0 spiro atoms. The van der Waals surface area contributed by atoms with Gasteiger partial charge in [-0.2, -0.15) is 0 Å². The first-order chi connectivity index (χ1) is 13.5. The van der Waals surface area contributed by atoms with Crippen LogP contribution in [-0.2, 0) is 20.6 Å². The number of likely N-dealkylation sites (tertiary alicyclic amines) is 1. The summed E-state index contributed by atoms with van der Waals surface area (Å²) in [5.74, 6) is 0.880. The van der Waals surface area contributed by atoms with Crippen molar-refractivity contribution in [3.8, 4) is 0 Å². The van der Waals surface area contributed by atoms with Gasteiger partial charge in [-0.15, -0.1) is 0 Å². The Morgan fingerprint density at radius 2 is 1.75 bits per heavy atom. The molecule has 1 aromatic heterocycles. The third-order valence-electron chi connectivity index (χ3n) is 5.80. The summed E-state index contributed by atoms with van der Waals surface area (Å²) in [5, 5.41) is 0. The SMILES string of the molecule is O=C(C1CCN(S(=O)(=O)Cc2ccccc2)CC1)N1CCCC1c1ccco1. The number of rotatable bonds is 5. The fourth-order valence-electron chi connectivity index (χ4n) is 4.30. The minimum Gasteiger partial charge on any atom is -0.467 e. The zero-order valence-corrected chi connectivity index (χ0v) is 16.7. The van der Waals surface area contributed by atoms with Gasteiger partial charge in [0.05, 0.1) is 18.1 Å². The number of nitrogens with zero attached hydrogens (tertiary/aromatic N) is 2. The van der Waals surface area contributed by atoms with E-state index in [1.165, 1.54) is 4.31 Å². The lowest BCUT2D eigenvalue weighted by Crippen LogP contribution is -2.44. The molecule has 150 valence electrons. The number of hydrogen-bond acceptors (Lipinski definition) is 4. The Kier molecular flexibility index (Phi) is 5.55. The van der Waals surface area contributed by atoms with Crippen LogP contribution in [-0.4, -0.2) is 43.2 Å². The van der Waals surface area contributed by atoms with Crippen LogP contribution in [0.3, 0.4) is 0 Å². The Balaban J connectivity index is 1.36. The molecule has 4 rings (SSSR count). The second-order valence-corrected chi connectivity index (χ2v) is 9.59. The summed E-state index contributed by atoms with van der Waals surface area (Å²) in [4.78, 5) is 15.0. The summed E-state index contributed by atoms with van der Waals surface area (Å²) in [6.07, 6.45) is 4.69. The van der Waals surface area contributed by atoms with Gasteiger partial charge >= 0.3 is 0 Å². The van der Waals surface area contributed by atoms with Crippen molar-refractivity contribution < 1.29 is 17.6 Å². The molecule has 1 amide bonds. The van der Waals surface area contributed by atoms with Gasteiger partial charge in [-0.05, 0) is 43.4 Å². The molecule has 6 nitrogen and oxygen atoms in total. The fourth-order valence-corrected chi connectivity index (χ4v) is 5.86. The number of carbonyl (C=O) groups excluding carboxylic acids is 1. The van der Waals surface area contributed by atoms with Gasteiger partial charge in [0, 0.05) is 25.6 Å². The van der Waals surface area contributed by atoms with Gasteiger partial charge in [-0.25, -0.2) is 12.7 Å². The number of carbonyl (C=O) groups is 1. The average molecular weight is 403 g/mol. The molecule has 0 bridgehead atoms. The summed E-state index contributed by atoms with van der Waals surface area (Å²) in [5.41, 5.74) is 0.791. The first kappa shape index (κ1) is 19.2. The highest BCUT2D eigenvalue weighted by molar-refractivity contribution is 7.88. The van der Waals surface area contributed by atoms with Gasteiger partial charge < -0.3 is 9.32 Å². The molecule has 28 heavy (non-hydrogen) atoms. The number of furan rings is 1. The van der Waals surface area contributed by atoms with Crippen molar-refractivity contribution in [3.05, 3.63) is 60.1 Å². The molecule has 2 aliphatic rings. The molecule has 1 aromatic carbocycles. The van der Waals surface area contributed by atoms with E-state index in [9.17, 15) is 13.2 Å². The lowest BCUT2D eigenvalue weighted by atomic mass is 9.96. The van der Waals surface area contributed by atoms with E-state index in [0.29, 0.717) is 25.9 Å². The van der Waals surface area contributed by atoms with Gasteiger partial charge in [0.2, 0.25) is 15.9 Å². The standard InChI is InChI=1S/C21H26N2O4S/c24-21(23-12-4-8-19(23)20-9-5-15-27-20)18-10-13-22(14-11-18)28(25,26)16-17-6-2-1-3-7-17/h1-3,5-7,9,15,18-19H,4,8,10-14,16H2.